The first-order valence-electron chi connectivity index (χ1n) is 13.3. The van der Waals surface area contributed by atoms with Crippen LogP contribution in [-0.4, -0.2) is 57.1 Å². The number of carbonyl (C=O) groups excluding carboxylic acids is 2. The summed E-state index contributed by atoms with van der Waals surface area (Å²) in [5.41, 5.74) is 1.08. The van der Waals surface area contributed by atoms with E-state index in [1.54, 1.807) is 36.4 Å². The van der Waals surface area contributed by atoms with Crippen molar-refractivity contribution in [3.63, 3.8) is 0 Å². The minimum atomic E-state index is -4.19. The van der Waals surface area contributed by atoms with E-state index in [1.807, 2.05) is 57.4 Å². The highest BCUT2D eigenvalue weighted by Crippen LogP contribution is 2.33. The zero-order valence-electron chi connectivity index (χ0n) is 23.4. The Morgan fingerprint density at radius 1 is 0.925 bits per heavy atom. The Hall–Kier alpha value is -3.50. The maximum Gasteiger partial charge on any atom is 0.264 e. The Kier molecular flexibility index (Phi) is 11.5. The van der Waals surface area contributed by atoms with E-state index in [1.165, 1.54) is 28.8 Å². The van der Waals surface area contributed by atoms with Crippen LogP contribution in [0.4, 0.5) is 5.69 Å². The number of nitrogens with zero attached hydrogens (tertiary/aromatic N) is 2. The van der Waals surface area contributed by atoms with Crippen LogP contribution in [0.3, 0.4) is 0 Å². The number of nitrogens with one attached hydrogen (secondary N) is 1. The molecule has 0 aliphatic heterocycles. The monoisotopic (exact) mass is 583 g/mol. The third-order valence-corrected chi connectivity index (χ3v) is 8.81. The van der Waals surface area contributed by atoms with Gasteiger partial charge in [-0.1, -0.05) is 49.4 Å². The van der Waals surface area contributed by atoms with Crippen LogP contribution in [0.25, 0.3) is 0 Å². The van der Waals surface area contributed by atoms with Gasteiger partial charge in [0.2, 0.25) is 11.8 Å². The zero-order chi connectivity index (χ0) is 29.1. The van der Waals surface area contributed by atoms with Gasteiger partial charge in [0.15, 0.2) is 0 Å². The molecule has 0 aromatic heterocycles. The molecule has 8 nitrogen and oxygen atoms in total. The number of hydrogen-bond acceptors (Lipinski definition) is 6. The van der Waals surface area contributed by atoms with Gasteiger partial charge in [-0.05, 0) is 68.5 Å². The third kappa shape index (κ3) is 7.57. The number of benzene rings is 3. The smallest absolute Gasteiger partial charge is 0.264 e. The van der Waals surface area contributed by atoms with Gasteiger partial charge in [0.05, 0.1) is 17.2 Å². The molecule has 0 heterocycles. The molecule has 0 bridgehead atoms. The molecule has 10 heteroatoms. The molecule has 0 fully saturated rings. The minimum Gasteiger partial charge on any atom is -0.492 e. The van der Waals surface area contributed by atoms with Crippen LogP contribution in [0.1, 0.15) is 32.8 Å². The second-order valence-corrected chi connectivity index (χ2v) is 11.7. The van der Waals surface area contributed by atoms with Crippen molar-refractivity contribution in [2.24, 2.45) is 0 Å². The molecule has 0 aliphatic rings. The third-order valence-electron chi connectivity index (χ3n) is 6.29. The summed E-state index contributed by atoms with van der Waals surface area (Å²) in [6.45, 7) is 5.82. The fourth-order valence-corrected chi connectivity index (χ4v) is 6.15. The maximum absolute atomic E-state index is 14.1. The molecule has 1 N–H and O–H groups in total. The average molecular weight is 584 g/mol. The molecule has 0 unspecified atom stereocenters. The Balaban J connectivity index is 2.10. The number of para-hydroxylation sites is 2. The molecule has 1 atom stereocenters. The number of anilines is 1. The van der Waals surface area contributed by atoms with Crippen LogP contribution >= 0.6 is 11.8 Å². The lowest BCUT2D eigenvalue weighted by Crippen LogP contribution is -2.52. The number of likely N-dealkylation sites (N-methyl/N-ethyl adjacent to an activating group) is 1. The van der Waals surface area contributed by atoms with Gasteiger partial charge < -0.3 is 15.0 Å². The van der Waals surface area contributed by atoms with E-state index in [0.717, 1.165) is 14.8 Å². The molecule has 214 valence electrons. The second kappa shape index (κ2) is 14.8. The SMILES string of the molecule is CCNC(=O)[C@H](CC)N(Cc1ccccc1)C(=O)CN(c1ccccc1OCC)S(=O)(=O)c1ccc(SC)cc1. The molecule has 40 heavy (non-hydrogen) atoms. The number of carbonyl (C=O) groups is 2. The van der Waals surface area contributed by atoms with Gasteiger partial charge in [0, 0.05) is 18.0 Å². The molecule has 0 saturated carbocycles. The average Bonchev–Trinajstić information content (AvgIpc) is 2.97. The van der Waals surface area contributed by atoms with E-state index in [9.17, 15) is 18.0 Å². The molecule has 3 rings (SSSR count). The highest BCUT2D eigenvalue weighted by atomic mass is 32.2. The van der Waals surface area contributed by atoms with Crippen molar-refractivity contribution in [1.29, 1.82) is 0 Å². The minimum absolute atomic E-state index is 0.0507. The van der Waals surface area contributed by atoms with Gasteiger partial charge in [-0.3, -0.25) is 13.9 Å². The first-order valence-corrected chi connectivity index (χ1v) is 15.9. The van der Waals surface area contributed by atoms with Gasteiger partial charge >= 0.3 is 0 Å². The fourth-order valence-electron chi connectivity index (χ4n) is 4.32. The standard InChI is InChI=1S/C30H37N3O5S2/c1-5-26(30(35)31-6-2)32(21-23-13-9-8-10-14-23)29(34)22-33(27-15-11-12-16-28(27)38-7-3)40(36,37)25-19-17-24(39-4)18-20-25/h8-20,26H,5-7,21-22H2,1-4H3,(H,31,35)/t26-/m0/s1. The van der Waals surface area contributed by atoms with Gasteiger partial charge in [-0.2, -0.15) is 0 Å². The van der Waals surface area contributed by atoms with E-state index in [4.69, 9.17) is 4.74 Å². The topological polar surface area (TPSA) is 96.0 Å². The van der Waals surface area contributed by atoms with Crippen molar-refractivity contribution in [1.82, 2.24) is 10.2 Å². The molecule has 0 saturated heterocycles. The number of rotatable bonds is 14. The summed E-state index contributed by atoms with van der Waals surface area (Å²) in [6.07, 6.45) is 2.27. The van der Waals surface area contributed by atoms with E-state index in [0.29, 0.717) is 25.3 Å². The van der Waals surface area contributed by atoms with Crippen molar-refractivity contribution in [2.45, 2.75) is 49.6 Å². The number of sulfonamides is 1. The van der Waals surface area contributed by atoms with Crippen molar-refractivity contribution in [2.75, 3.05) is 30.3 Å². The van der Waals surface area contributed by atoms with Crippen molar-refractivity contribution >= 4 is 39.3 Å². The van der Waals surface area contributed by atoms with Gasteiger partial charge in [0.25, 0.3) is 10.0 Å². The van der Waals surface area contributed by atoms with Crippen LogP contribution in [0.2, 0.25) is 0 Å². The fraction of sp³-hybridized carbons (Fsp3) is 0.333. The maximum atomic E-state index is 14.1. The van der Waals surface area contributed by atoms with Crippen LogP contribution in [0, 0.1) is 0 Å². The van der Waals surface area contributed by atoms with Crippen molar-refractivity contribution in [3.8, 4) is 5.75 Å². The summed E-state index contributed by atoms with van der Waals surface area (Å²) in [5.74, 6) is -0.448. The Bertz CT molecular complexity index is 1370. The lowest BCUT2D eigenvalue weighted by Gasteiger charge is -2.33. The summed E-state index contributed by atoms with van der Waals surface area (Å²) in [4.78, 5) is 29.5. The molecule has 0 radical (unpaired) electrons. The quantitative estimate of drug-likeness (QED) is 0.270. The predicted octanol–water partition coefficient (Wildman–Crippen LogP) is 4.95. The highest BCUT2D eigenvalue weighted by molar-refractivity contribution is 7.98. The lowest BCUT2D eigenvalue weighted by molar-refractivity contribution is -0.140. The molecule has 0 spiro atoms. The number of ether oxygens (including phenoxy) is 1. The Labute approximate surface area is 241 Å². The molecule has 3 aromatic carbocycles. The van der Waals surface area contributed by atoms with E-state index >= 15 is 0 Å². The summed E-state index contributed by atoms with van der Waals surface area (Å²) in [7, 11) is -4.19. The normalized spacial score (nSPS) is 11.9. The molecule has 2 amide bonds. The second-order valence-electron chi connectivity index (χ2n) is 8.91. The molecular formula is C30H37N3O5S2. The van der Waals surface area contributed by atoms with Crippen LogP contribution in [0.15, 0.2) is 88.7 Å². The lowest BCUT2D eigenvalue weighted by atomic mass is 10.1. The molecule has 0 aliphatic carbocycles. The van der Waals surface area contributed by atoms with Crippen LogP contribution in [-0.2, 0) is 26.2 Å². The summed E-state index contributed by atoms with van der Waals surface area (Å²) in [5, 5.41) is 2.81. The van der Waals surface area contributed by atoms with Crippen molar-refractivity contribution < 1.29 is 22.7 Å². The zero-order valence-corrected chi connectivity index (χ0v) is 25.0. The predicted molar refractivity (Wildman–Crippen MR) is 160 cm³/mol. The van der Waals surface area contributed by atoms with E-state index in [-0.39, 0.29) is 23.0 Å². The van der Waals surface area contributed by atoms with Crippen LogP contribution < -0.4 is 14.4 Å². The Morgan fingerprint density at radius 2 is 1.57 bits per heavy atom. The number of amides is 2. The number of hydrogen-bond donors (Lipinski definition) is 1. The Morgan fingerprint density at radius 3 is 2.17 bits per heavy atom. The first kappa shape index (κ1) is 31.0. The first-order chi connectivity index (χ1) is 19.3. The van der Waals surface area contributed by atoms with E-state index in [2.05, 4.69) is 5.32 Å². The van der Waals surface area contributed by atoms with Gasteiger partial charge in [-0.25, -0.2) is 8.42 Å². The number of thioether (sulfide) groups is 1. The summed E-state index contributed by atoms with van der Waals surface area (Å²) < 4.78 is 35.0. The van der Waals surface area contributed by atoms with Gasteiger partial charge in [-0.15, -0.1) is 11.8 Å². The largest absolute Gasteiger partial charge is 0.492 e. The summed E-state index contributed by atoms with van der Waals surface area (Å²) >= 11 is 1.50. The van der Waals surface area contributed by atoms with Gasteiger partial charge in [0.1, 0.15) is 18.3 Å². The van der Waals surface area contributed by atoms with Crippen molar-refractivity contribution in [3.05, 3.63) is 84.4 Å². The highest BCUT2D eigenvalue weighted by Gasteiger charge is 2.34. The van der Waals surface area contributed by atoms with E-state index < -0.39 is 28.5 Å². The summed E-state index contributed by atoms with van der Waals surface area (Å²) in [6, 6.07) is 21.8. The van der Waals surface area contributed by atoms with Crippen LogP contribution in [0.5, 0.6) is 5.75 Å². The molecule has 3 aromatic rings. The molecular weight excluding hydrogens is 546 g/mol.